The number of rotatable bonds is 6. The van der Waals surface area contributed by atoms with Crippen LogP contribution in [-0.4, -0.2) is 30.3 Å². The predicted molar refractivity (Wildman–Crippen MR) is 77.0 cm³/mol. The van der Waals surface area contributed by atoms with Gasteiger partial charge in [0.25, 0.3) is 0 Å². The number of carbonyl (C=O) groups excluding carboxylic acids is 1. The molecule has 0 aliphatic rings. The van der Waals surface area contributed by atoms with Gasteiger partial charge in [0.2, 0.25) is 17.7 Å². The van der Waals surface area contributed by atoms with Crippen LogP contribution in [-0.2, 0) is 17.5 Å². The number of nitro groups is 1. The van der Waals surface area contributed by atoms with Gasteiger partial charge in [-0.2, -0.15) is 13.2 Å². The van der Waals surface area contributed by atoms with Gasteiger partial charge in [0.1, 0.15) is 11.9 Å². The first-order chi connectivity index (χ1) is 11.7. The van der Waals surface area contributed by atoms with Crippen molar-refractivity contribution < 1.29 is 22.9 Å². The summed E-state index contributed by atoms with van der Waals surface area (Å²) in [5, 5.41) is 10.6. The van der Waals surface area contributed by atoms with E-state index in [-0.39, 0.29) is 18.8 Å². The SMILES string of the molecule is Cc1nc([N+](=O)[O-])cn1CCC(=O)NNc1nccc(C(F)(F)F)n1. The number of carbonyl (C=O) groups is 1. The Balaban J connectivity index is 1.88. The number of hydrogen-bond acceptors (Lipinski definition) is 7. The Bertz CT molecular complexity index is 791. The smallest absolute Gasteiger partial charge is 0.358 e. The molecule has 0 unspecified atom stereocenters. The molecule has 2 aromatic rings. The highest BCUT2D eigenvalue weighted by atomic mass is 19.4. The lowest BCUT2D eigenvalue weighted by Crippen LogP contribution is -2.31. The Morgan fingerprint density at radius 2 is 2.12 bits per heavy atom. The van der Waals surface area contributed by atoms with Crippen molar-refractivity contribution in [2.45, 2.75) is 26.1 Å². The van der Waals surface area contributed by atoms with E-state index >= 15 is 0 Å². The van der Waals surface area contributed by atoms with E-state index in [1.807, 2.05) is 0 Å². The lowest BCUT2D eigenvalue weighted by atomic mass is 10.4. The fourth-order valence-electron chi connectivity index (χ4n) is 1.79. The van der Waals surface area contributed by atoms with E-state index in [1.54, 1.807) is 6.92 Å². The number of alkyl halides is 3. The average molecular weight is 359 g/mol. The van der Waals surface area contributed by atoms with Crippen LogP contribution in [0.25, 0.3) is 0 Å². The molecule has 2 N–H and O–H groups in total. The van der Waals surface area contributed by atoms with Crippen LogP contribution in [0.2, 0.25) is 0 Å². The number of anilines is 1. The zero-order valence-corrected chi connectivity index (χ0v) is 12.7. The number of nitrogens with one attached hydrogen (secondary N) is 2. The number of hydrogen-bond donors (Lipinski definition) is 2. The number of aryl methyl sites for hydroxylation is 2. The summed E-state index contributed by atoms with van der Waals surface area (Å²) in [6.45, 7) is 1.64. The molecule has 0 saturated heterocycles. The highest BCUT2D eigenvalue weighted by Crippen LogP contribution is 2.27. The highest BCUT2D eigenvalue weighted by molar-refractivity contribution is 5.76. The van der Waals surface area contributed by atoms with Crippen molar-refractivity contribution in [3.63, 3.8) is 0 Å². The Labute approximate surface area is 138 Å². The number of imidazole rings is 1. The van der Waals surface area contributed by atoms with Gasteiger partial charge >= 0.3 is 12.0 Å². The van der Waals surface area contributed by atoms with E-state index in [0.717, 1.165) is 6.20 Å². The molecule has 0 saturated carbocycles. The van der Waals surface area contributed by atoms with Crippen LogP contribution in [0.5, 0.6) is 0 Å². The molecule has 10 nitrogen and oxygen atoms in total. The lowest BCUT2D eigenvalue weighted by molar-refractivity contribution is -0.389. The van der Waals surface area contributed by atoms with Crippen molar-refractivity contribution in [2.24, 2.45) is 0 Å². The van der Waals surface area contributed by atoms with Gasteiger partial charge in [-0.05, 0) is 16.0 Å². The summed E-state index contributed by atoms with van der Waals surface area (Å²) in [5.74, 6) is -0.976. The van der Waals surface area contributed by atoms with Crippen LogP contribution in [0, 0.1) is 17.0 Å². The molecule has 0 spiro atoms. The van der Waals surface area contributed by atoms with E-state index in [2.05, 4.69) is 25.8 Å². The molecule has 25 heavy (non-hydrogen) atoms. The van der Waals surface area contributed by atoms with Crippen LogP contribution >= 0.6 is 0 Å². The largest absolute Gasteiger partial charge is 0.433 e. The molecule has 2 heterocycles. The monoisotopic (exact) mass is 359 g/mol. The molecule has 0 radical (unpaired) electrons. The standard InChI is InChI=1S/C12H12F3N7O3/c1-7-17-9(22(24)25)6-21(7)5-3-10(23)19-20-11-16-4-2-8(18-11)12(13,14)15/h2,4,6H,3,5H2,1H3,(H,19,23)(H,16,18,20). The third-order valence-electron chi connectivity index (χ3n) is 2.99. The number of aromatic nitrogens is 4. The van der Waals surface area contributed by atoms with Crippen molar-refractivity contribution in [3.8, 4) is 0 Å². The molecule has 0 bridgehead atoms. The average Bonchev–Trinajstić information content (AvgIpc) is 2.92. The van der Waals surface area contributed by atoms with Crippen LogP contribution < -0.4 is 10.9 Å². The van der Waals surface area contributed by atoms with Gasteiger partial charge in [0.15, 0.2) is 0 Å². The van der Waals surface area contributed by atoms with E-state index in [0.29, 0.717) is 11.9 Å². The molecule has 0 aliphatic heterocycles. The normalized spacial score (nSPS) is 11.2. The van der Waals surface area contributed by atoms with Gasteiger partial charge in [-0.3, -0.25) is 15.6 Å². The molecule has 2 rings (SSSR count). The summed E-state index contributed by atoms with van der Waals surface area (Å²) >= 11 is 0. The number of nitrogens with zero attached hydrogens (tertiary/aromatic N) is 5. The fraction of sp³-hybridized carbons (Fsp3) is 0.333. The fourth-order valence-corrected chi connectivity index (χ4v) is 1.79. The number of hydrazine groups is 1. The van der Waals surface area contributed by atoms with Crippen molar-refractivity contribution in [1.82, 2.24) is 24.9 Å². The van der Waals surface area contributed by atoms with E-state index in [9.17, 15) is 28.1 Å². The maximum Gasteiger partial charge on any atom is 0.433 e. The minimum atomic E-state index is -4.63. The molecule has 0 aromatic carbocycles. The van der Waals surface area contributed by atoms with Gasteiger partial charge in [-0.1, -0.05) is 0 Å². The minimum absolute atomic E-state index is 0.0969. The minimum Gasteiger partial charge on any atom is -0.358 e. The molecule has 13 heteroatoms. The third kappa shape index (κ3) is 4.86. The van der Waals surface area contributed by atoms with Crippen molar-refractivity contribution >= 4 is 17.7 Å². The summed E-state index contributed by atoms with van der Waals surface area (Å²) in [6, 6.07) is 0.696. The second-order valence-electron chi connectivity index (χ2n) is 4.78. The molecule has 1 amide bonds. The maximum absolute atomic E-state index is 12.5. The van der Waals surface area contributed by atoms with Gasteiger partial charge in [0, 0.05) is 26.1 Å². The highest BCUT2D eigenvalue weighted by Gasteiger charge is 2.32. The summed E-state index contributed by atoms with van der Waals surface area (Å²) in [7, 11) is 0. The van der Waals surface area contributed by atoms with E-state index in [4.69, 9.17) is 0 Å². The first kappa shape index (κ1) is 18.1. The van der Waals surface area contributed by atoms with Gasteiger partial charge in [0.05, 0.1) is 0 Å². The Hall–Kier alpha value is -3.25. The van der Waals surface area contributed by atoms with E-state index in [1.165, 1.54) is 10.8 Å². The summed E-state index contributed by atoms with van der Waals surface area (Å²) in [5.41, 5.74) is 3.17. The topological polar surface area (TPSA) is 128 Å². The Kier molecular flexibility index (Phi) is 5.14. The maximum atomic E-state index is 12.5. The molecule has 0 fully saturated rings. The quantitative estimate of drug-likeness (QED) is 0.590. The molecule has 2 aromatic heterocycles. The summed E-state index contributed by atoms with van der Waals surface area (Å²) in [6.07, 6.45) is -2.64. The van der Waals surface area contributed by atoms with Crippen LogP contribution in [0.3, 0.4) is 0 Å². The molecule has 134 valence electrons. The molecular weight excluding hydrogens is 347 g/mol. The third-order valence-corrected chi connectivity index (χ3v) is 2.99. The van der Waals surface area contributed by atoms with Crippen molar-refractivity contribution in [3.05, 3.63) is 40.1 Å². The summed E-state index contributed by atoms with van der Waals surface area (Å²) < 4.78 is 38.9. The first-order valence-corrected chi connectivity index (χ1v) is 6.80. The first-order valence-electron chi connectivity index (χ1n) is 6.80. The Morgan fingerprint density at radius 1 is 1.40 bits per heavy atom. The van der Waals surface area contributed by atoms with Crippen LogP contribution in [0.4, 0.5) is 24.9 Å². The second kappa shape index (κ2) is 7.11. The second-order valence-corrected chi connectivity index (χ2v) is 4.78. The summed E-state index contributed by atoms with van der Waals surface area (Å²) in [4.78, 5) is 32.1. The van der Waals surface area contributed by atoms with Gasteiger partial charge in [-0.15, -0.1) is 0 Å². The number of amides is 1. The van der Waals surface area contributed by atoms with Gasteiger partial charge in [-0.25, -0.2) is 9.97 Å². The number of halogens is 3. The van der Waals surface area contributed by atoms with E-state index < -0.39 is 28.6 Å². The zero-order chi connectivity index (χ0) is 18.6. The van der Waals surface area contributed by atoms with Crippen LogP contribution in [0.1, 0.15) is 17.9 Å². The lowest BCUT2D eigenvalue weighted by Gasteiger charge is -2.09. The van der Waals surface area contributed by atoms with Crippen molar-refractivity contribution in [2.75, 3.05) is 5.43 Å². The molecular formula is C12H12F3N7O3. The van der Waals surface area contributed by atoms with Gasteiger partial charge < -0.3 is 14.7 Å². The van der Waals surface area contributed by atoms with Crippen molar-refractivity contribution in [1.29, 1.82) is 0 Å². The predicted octanol–water partition coefficient (Wildman–Crippen LogP) is 1.44. The van der Waals surface area contributed by atoms with Crippen LogP contribution in [0.15, 0.2) is 18.5 Å². The molecule has 0 atom stereocenters. The molecule has 0 aliphatic carbocycles. The zero-order valence-electron chi connectivity index (χ0n) is 12.7. The Morgan fingerprint density at radius 3 is 2.72 bits per heavy atom.